The molecule has 4 aromatic rings. The van der Waals surface area contributed by atoms with E-state index in [1.807, 2.05) is 55.5 Å². The topological polar surface area (TPSA) is 80.6 Å². The quantitative estimate of drug-likeness (QED) is 0.331. The highest BCUT2D eigenvalue weighted by molar-refractivity contribution is 6.14. The normalized spacial score (nSPS) is 10.7. The number of rotatable bonds is 9. The number of fused-ring (bicyclic) bond motifs is 1. The average Bonchev–Trinajstić information content (AvgIpc) is 3.20. The van der Waals surface area contributed by atoms with E-state index in [1.54, 1.807) is 30.3 Å². The smallest absolute Gasteiger partial charge is 0.293 e. The van der Waals surface area contributed by atoms with Crippen LogP contribution in [0, 0.1) is 0 Å². The Labute approximate surface area is 192 Å². The number of amides is 2. The van der Waals surface area contributed by atoms with Crippen molar-refractivity contribution in [2.24, 2.45) is 0 Å². The molecule has 0 atom stereocenters. The Kier molecular flexibility index (Phi) is 7.05. The molecule has 33 heavy (non-hydrogen) atoms. The Balaban J connectivity index is 1.47. The van der Waals surface area contributed by atoms with Gasteiger partial charge in [-0.2, -0.15) is 0 Å². The number of aryl methyl sites for hydroxylation is 1. The molecular weight excluding hydrogens is 416 g/mol. The minimum absolute atomic E-state index is 0.0708. The molecule has 0 aliphatic rings. The number of para-hydroxylation sites is 1. The molecule has 0 saturated carbocycles. The zero-order chi connectivity index (χ0) is 23.0. The number of nitrogens with one attached hydrogen (secondary N) is 2. The van der Waals surface area contributed by atoms with Crippen molar-refractivity contribution in [3.8, 4) is 5.75 Å². The lowest BCUT2D eigenvalue weighted by Gasteiger charge is -2.08. The van der Waals surface area contributed by atoms with Gasteiger partial charge in [-0.3, -0.25) is 9.59 Å². The lowest BCUT2D eigenvalue weighted by Crippen LogP contribution is -2.17. The van der Waals surface area contributed by atoms with Crippen LogP contribution >= 0.6 is 0 Å². The highest BCUT2D eigenvalue weighted by Crippen LogP contribution is 2.32. The Bertz CT molecular complexity index is 1230. The van der Waals surface area contributed by atoms with Crippen molar-refractivity contribution >= 4 is 34.2 Å². The standard InChI is InChI=1S/C27H26N2O4/c1-2-32-21-17-15-20(16-18-21)28-27(31)26-25(22-12-6-7-13-23(22)33-26)29-24(30)14-8-11-19-9-4-3-5-10-19/h3-7,9-10,12-13,15-18H,2,8,11,14H2,1H3,(H,28,31)(H,29,30). The van der Waals surface area contributed by atoms with Crippen LogP contribution < -0.4 is 15.4 Å². The maximum absolute atomic E-state index is 13.0. The second-order valence-corrected chi connectivity index (χ2v) is 7.60. The molecule has 0 unspecified atom stereocenters. The van der Waals surface area contributed by atoms with E-state index in [-0.39, 0.29) is 11.7 Å². The molecule has 2 amide bonds. The van der Waals surface area contributed by atoms with Crippen LogP contribution in [0.2, 0.25) is 0 Å². The summed E-state index contributed by atoms with van der Waals surface area (Å²) >= 11 is 0. The highest BCUT2D eigenvalue weighted by Gasteiger charge is 2.22. The maximum Gasteiger partial charge on any atom is 0.293 e. The molecule has 0 saturated heterocycles. The number of furan rings is 1. The summed E-state index contributed by atoms with van der Waals surface area (Å²) in [4.78, 5) is 25.7. The van der Waals surface area contributed by atoms with Gasteiger partial charge >= 0.3 is 0 Å². The fourth-order valence-electron chi connectivity index (χ4n) is 3.62. The van der Waals surface area contributed by atoms with Crippen LogP contribution in [0.5, 0.6) is 5.75 Å². The van der Waals surface area contributed by atoms with E-state index in [0.29, 0.717) is 41.8 Å². The largest absolute Gasteiger partial charge is 0.494 e. The SMILES string of the molecule is CCOc1ccc(NC(=O)c2oc3ccccc3c2NC(=O)CCCc2ccccc2)cc1. The summed E-state index contributed by atoms with van der Waals surface area (Å²) < 4.78 is 11.3. The average molecular weight is 443 g/mol. The van der Waals surface area contributed by atoms with Gasteiger partial charge in [0.1, 0.15) is 17.0 Å². The molecule has 0 aliphatic carbocycles. The third-order valence-electron chi connectivity index (χ3n) is 5.20. The fourth-order valence-corrected chi connectivity index (χ4v) is 3.62. The van der Waals surface area contributed by atoms with Crippen molar-refractivity contribution in [2.75, 3.05) is 17.2 Å². The van der Waals surface area contributed by atoms with Gasteiger partial charge in [0.15, 0.2) is 0 Å². The summed E-state index contributed by atoms with van der Waals surface area (Å²) in [5, 5.41) is 6.41. The number of ether oxygens (including phenoxy) is 1. The van der Waals surface area contributed by atoms with Crippen LogP contribution in [-0.4, -0.2) is 18.4 Å². The van der Waals surface area contributed by atoms with Gasteiger partial charge in [0.05, 0.1) is 6.61 Å². The molecule has 6 nitrogen and oxygen atoms in total. The number of carbonyl (C=O) groups is 2. The van der Waals surface area contributed by atoms with E-state index < -0.39 is 5.91 Å². The number of anilines is 2. The fraction of sp³-hybridized carbons (Fsp3) is 0.185. The number of carbonyl (C=O) groups excluding carboxylic acids is 2. The van der Waals surface area contributed by atoms with E-state index >= 15 is 0 Å². The van der Waals surface area contributed by atoms with Crippen LogP contribution in [-0.2, 0) is 11.2 Å². The van der Waals surface area contributed by atoms with Gasteiger partial charge in [0.25, 0.3) is 5.91 Å². The minimum atomic E-state index is -0.435. The summed E-state index contributed by atoms with van der Waals surface area (Å²) in [6.45, 7) is 2.48. The molecule has 168 valence electrons. The van der Waals surface area contributed by atoms with Crippen molar-refractivity contribution in [3.05, 3.63) is 90.2 Å². The molecule has 0 bridgehead atoms. The molecule has 3 aromatic carbocycles. The second kappa shape index (κ2) is 10.5. The third-order valence-corrected chi connectivity index (χ3v) is 5.20. The summed E-state index contributed by atoms with van der Waals surface area (Å²) in [5.41, 5.74) is 2.71. The van der Waals surface area contributed by atoms with Crippen LogP contribution in [0.1, 0.15) is 35.9 Å². The van der Waals surface area contributed by atoms with Gasteiger partial charge in [-0.05, 0) is 61.7 Å². The summed E-state index contributed by atoms with van der Waals surface area (Å²) in [5.74, 6) is 0.201. The summed E-state index contributed by atoms with van der Waals surface area (Å²) in [6.07, 6.45) is 1.86. The van der Waals surface area contributed by atoms with Gasteiger partial charge in [-0.25, -0.2) is 0 Å². The number of hydrogen-bond acceptors (Lipinski definition) is 4. The number of benzene rings is 3. The molecule has 2 N–H and O–H groups in total. The highest BCUT2D eigenvalue weighted by atomic mass is 16.5. The molecule has 0 fully saturated rings. The molecule has 4 rings (SSSR count). The van der Waals surface area contributed by atoms with Crippen LogP contribution in [0.4, 0.5) is 11.4 Å². The lowest BCUT2D eigenvalue weighted by atomic mass is 10.1. The zero-order valence-corrected chi connectivity index (χ0v) is 18.5. The van der Waals surface area contributed by atoms with Crippen molar-refractivity contribution in [1.82, 2.24) is 0 Å². The first-order chi connectivity index (χ1) is 16.1. The molecule has 0 radical (unpaired) electrons. The number of hydrogen-bond donors (Lipinski definition) is 2. The molecule has 6 heteroatoms. The lowest BCUT2D eigenvalue weighted by molar-refractivity contribution is -0.116. The Morgan fingerprint density at radius 3 is 2.36 bits per heavy atom. The molecule has 0 spiro atoms. The molecule has 0 aliphatic heterocycles. The van der Waals surface area contributed by atoms with E-state index in [0.717, 1.165) is 12.2 Å². The molecule has 1 aromatic heterocycles. The first kappa shape index (κ1) is 22.1. The van der Waals surface area contributed by atoms with E-state index in [4.69, 9.17) is 9.15 Å². The van der Waals surface area contributed by atoms with Gasteiger partial charge < -0.3 is 19.8 Å². The van der Waals surface area contributed by atoms with Crippen molar-refractivity contribution in [2.45, 2.75) is 26.2 Å². The van der Waals surface area contributed by atoms with E-state index in [9.17, 15) is 9.59 Å². The Hall–Kier alpha value is -4.06. The van der Waals surface area contributed by atoms with Crippen LogP contribution in [0.15, 0.2) is 83.3 Å². The first-order valence-electron chi connectivity index (χ1n) is 11.0. The maximum atomic E-state index is 13.0. The monoisotopic (exact) mass is 442 g/mol. The minimum Gasteiger partial charge on any atom is -0.494 e. The van der Waals surface area contributed by atoms with Gasteiger partial charge in [0.2, 0.25) is 11.7 Å². The van der Waals surface area contributed by atoms with Gasteiger partial charge in [-0.15, -0.1) is 0 Å². The second-order valence-electron chi connectivity index (χ2n) is 7.60. The molecule has 1 heterocycles. The van der Waals surface area contributed by atoms with Crippen LogP contribution in [0.3, 0.4) is 0 Å². The zero-order valence-electron chi connectivity index (χ0n) is 18.5. The van der Waals surface area contributed by atoms with E-state index in [2.05, 4.69) is 10.6 Å². The summed E-state index contributed by atoms with van der Waals surface area (Å²) in [6, 6.07) is 24.4. The van der Waals surface area contributed by atoms with Crippen molar-refractivity contribution in [3.63, 3.8) is 0 Å². The van der Waals surface area contributed by atoms with Gasteiger partial charge in [0, 0.05) is 17.5 Å². The van der Waals surface area contributed by atoms with Crippen LogP contribution in [0.25, 0.3) is 11.0 Å². The van der Waals surface area contributed by atoms with Crippen molar-refractivity contribution in [1.29, 1.82) is 0 Å². The third kappa shape index (κ3) is 5.60. The Morgan fingerprint density at radius 2 is 1.61 bits per heavy atom. The molecular formula is C27H26N2O4. The Morgan fingerprint density at radius 1 is 0.879 bits per heavy atom. The van der Waals surface area contributed by atoms with Gasteiger partial charge in [-0.1, -0.05) is 42.5 Å². The van der Waals surface area contributed by atoms with E-state index in [1.165, 1.54) is 5.56 Å². The van der Waals surface area contributed by atoms with Crippen molar-refractivity contribution < 1.29 is 18.7 Å². The predicted octanol–water partition coefficient (Wildman–Crippen LogP) is 6.05. The predicted molar refractivity (Wildman–Crippen MR) is 130 cm³/mol. The summed E-state index contributed by atoms with van der Waals surface area (Å²) in [7, 11) is 0. The first-order valence-corrected chi connectivity index (χ1v) is 11.0.